The quantitative estimate of drug-likeness (QED) is 0.506. The highest BCUT2D eigenvalue weighted by molar-refractivity contribution is 6.44. The Morgan fingerprint density at radius 1 is 0.968 bits per heavy atom. The minimum absolute atomic E-state index is 0.0177. The van der Waals surface area contributed by atoms with Gasteiger partial charge in [-0.2, -0.15) is 0 Å². The highest BCUT2D eigenvalue weighted by Crippen LogP contribution is 2.24. The molecule has 1 aromatic heterocycles. The summed E-state index contributed by atoms with van der Waals surface area (Å²) < 4.78 is 5.39. The lowest BCUT2D eigenvalue weighted by molar-refractivity contribution is -0.144. The molecule has 31 heavy (non-hydrogen) atoms. The molecule has 2 aliphatic rings. The van der Waals surface area contributed by atoms with Gasteiger partial charge < -0.3 is 9.32 Å². The molecular weight excluding hydrogens is 398 g/mol. The Morgan fingerprint density at radius 2 is 1.74 bits per heavy atom. The largest absolute Gasteiger partial charge is 0.467 e. The molecule has 2 heterocycles. The molecule has 1 fully saturated rings. The average molecular weight is 421 g/mol. The summed E-state index contributed by atoms with van der Waals surface area (Å²) in [6, 6.07) is 11.6. The van der Waals surface area contributed by atoms with E-state index in [4.69, 9.17) is 4.42 Å². The van der Waals surface area contributed by atoms with Gasteiger partial charge in [-0.3, -0.25) is 19.3 Å². The Hall–Kier alpha value is -3.68. The number of amides is 5. The van der Waals surface area contributed by atoms with Gasteiger partial charge in [-0.05, 0) is 43.4 Å². The van der Waals surface area contributed by atoms with Gasteiger partial charge in [0.2, 0.25) is 5.91 Å². The number of nitrogens with zero attached hydrogens (tertiary/aromatic N) is 3. The zero-order chi connectivity index (χ0) is 21.8. The number of furan rings is 1. The molecule has 0 unspecified atom stereocenters. The maximum atomic E-state index is 13.2. The third-order valence-corrected chi connectivity index (χ3v) is 5.42. The van der Waals surface area contributed by atoms with Gasteiger partial charge in [-0.15, -0.1) is 0 Å². The number of urea groups is 1. The molecule has 160 valence electrons. The first-order valence-electron chi connectivity index (χ1n) is 10.3. The number of allylic oxidation sites excluding steroid dienone is 2. The van der Waals surface area contributed by atoms with Gasteiger partial charge in [0, 0.05) is 5.70 Å². The molecule has 2 aromatic rings. The number of carbonyl (C=O) groups excluding carboxylic acids is 4. The molecule has 1 aromatic carbocycles. The van der Waals surface area contributed by atoms with Crippen molar-refractivity contribution in [2.75, 3.05) is 6.54 Å². The predicted octanol–water partition coefficient (Wildman–Crippen LogP) is 3.06. The monoisotopic (exact) mass is 421 g/mol. The van der Waals surface area contributed by atoms with Crippen LogP contribution in [0.2, 0.25) is 0 Å². The maximum absolute atomic E-state index is 13.2. The summed E-state index contributed by atoms with van der Waals surface area (Å²) >= 11 is 0. The lowest BCUT2D eigenvalue weighted by Gasteiger charge is -2.28. The number of hydrogen-bond donors (Lipinski definition) is 0. The van der Waals surface area contributed by atoms with E-state index < -0.39 is 30.3 Å². The fourth-order valence-corrected chi connectivity index (χ4v) is 3.79. The first kappa shape index (κ1) is 20.6. The van der Waals surface area contributed by atoms with E-state index in [9.17, 15) is 19.2 Å². The van der Waals surface area contributed by atoms with E-state index in [0.29, 0.717) is 5.76 Å². The number of hydrogen-bond acceptors (Lipinski definition) is 5. The summed E-state index contributed by atoms with van der Waals surface area (Å²) in [5.74, 6) is -1.73. The highest BCUT2D eigenvalue weighted by Gasteiger charge is 2.45. The van der Waals surface area contributed by atoms with E-state index in [0.717, 1.165) is 46.7 Å². The van der Waals surface area contributed by atoms with E-state index >= 15 is 0 Å². The van der Waals surface area contributed by atoms with Crippen LogP contribution in [0, 0.1) is 0 Å². The van der Waals surface area contributed by atoms with Crippen LogP contribution < -0.4 is 0 Å². The maximum Gasteiger partial charge on any atom is 0.335 e. The average Bonchev–Trinajstić information content (AvgIpc) is 3.38. The zero-order valence-corrected chi connectivity index (χ0v) is 17.0. The van der Waals surface area contributed by atoms with Crippen molar-refractivity contribution in [3.63, 3.8) is 0 Å². The van der Waals surface area contributed by atoms with Gasteiger partial charge in [-0.1, -0.05) is 36.4 Å². The fraction of sp³-hybridized carbons (Fsp3) is 0.304. The van der Waals surface area contributed by atoms with E-state index in [1.54, 1.807) is 41.3 Å². The van der Waals surface area contributed by atoms with Crippen LogP contribution in [0.3, 0.4) is 0 Å². The smallest absolute Gasteiger partial charge is 0.335 e. The molecule has 0 N–H and O–H groups in total. The van der Waals surface area contributed by atoms with Gasteiger partial charge >= 0.3 is 17.8 Å². The SMILES string of the molecule is O=C(CN1C(=O)C(=O)N(Cc2ccccc2)C1=O)N(Cc1ccco1)C1=CCCCC1. The summed E-state index contributed by atoms with van der Waals surface area (Å²) in [6.07, 6.45) is 7.14. The van der Waals surface area contributed by atoms with Crippen molar-refractivity contribution in [3.05, 3.63) is 71.8 Å². The standard InChI is InChI=1S/C23H23N3O5/c27-20(24(15-19-12-7-13-31-19)18-10-5-2-6-11-18)16-26-22(29)21(28)25(23(26)30)14-17-8-3-1-4-9-17/h1,3-4,7-10,12-13H,2,5-6,11,14-16H2. The molecule has 0 radical (unpaired) electrons. The van der Waals surface area contributed by atoms with E-state index in [1.165, 1.54) is 6.26 Å². The first-order valence-corrected chi connectivity index (χ1v) is 10.3. The molecule has 8 heteroatoms. The van der Waals surface area contributed by atoms with E-state index in [1.807, 2.05) is 12.1 Å². The van der Waals surface area contributed by atoms with Gasteiger partial charge in [0.1, 0.15) is 12.3 Å². The summed E-state index contributed by atoms with van der Waals surface area (Å²) in [4.78, 5) is 54.0. The fourth-order valence-electron chi connectivity index (χ4n) is 3.79. The molecule has 1 aliphatic heterocycles. The molecule has 0 bridgehead atoms. The third-order valence-electron chi connectivity index (χ3n) is 5.42. The van der Waals surface area contributed by atoms with Gasteiger partial charge in [-0.25, -0.2) is 9.69 Å². The number of imide groups is 2. The van der Waals surface area contributed by atoms with Crippen molar-refractivity contribution in [1.29, 1.82) is 0 Å². The Balaban J connectivity index is 1.51. The van der Waals surface area contributed by atoms with Crippen molar-refractivity contribution in [2.45, 2.75) is 38.8 Å². The molecule has 5 amide bonds. The normalized spacial score (nSPS) is 16.6. The van der Waals surface area contributed by atoms with Crippen LogP contribution in [0.25, 0.3) is 0 Å². The second-order valence-electron chi connectivity index (χ2n) is 7.55. The Kier molecular flexibility index (Phi) is 5.97. The summed E-state index contributed by atoms with van der Waals surface area (Å²) in [5.41, 5.74) is 1.57. The zero-order valence-electron chi connectivity index (χ0n) is 17.0. The molecule has 1 saturated heterocycles. The van der Waals surface area contributed by atoms with Crippen LogP contribution in [0.15, 0.2) is 64.9 Å². The van der Waals surface area contributed by atoms with Gasteiger partial charge in [0.15, 0.2) is 0 Å². The van der Waals surface area contributed by atoms with Gasteiger partial charge in [0.25, 0.3) is 0 Å². The lowest BCUT2D eigenvalue weighted by Crippen LogP contribution is -2.43. The van der Waals surface area contributed by atoms with Crippen molar-refractivity contribution in [1.82, 2.24) is 14.7 Å². The van der Waals surface area contributed by atoms with Crippen molar-refractivity contribution in [3.8, 4) is 0 Å². The van der Waals surface area contributed by atoms with Crippen molar-refractivity contribution in [2.24, 2.45) is 0 Å². The first-order chi connectivity index (χ1) is 15.0. The van der Waals surface area contributed by atoms with Crippen LogP contribution in [-0.4, -0.2) is 45.0 Å². The summed E-state index contributed by atoms with van der Waals surface area (Å²) in [6.45, 7) is -0.307. The van der Waals surface area contributed by atoms with Gasteiger partial charge in [0.05, 0.1) is 19.4 Å². The van der Waals surface area contributed by atoms with Crippen LogP contribution in [0.5, 0.6) is 0 Å². The van der Waals surface area contributed by atoms with E-state index in [2.05, 4.69) is 0 Å². The Bertz CT molecular complexity index is 1010. The van der Waals surface area contributed by atoms with Crippen LogP contribution in [-0.2, 0) is 27.5 Å². The molecule has 8 nitrogen and oxygen atoms in total. The van der Waals surface area contributed by atoms with E-state index in [-0.39, 0.29) is 13.1 Å². The number of carbonyl (C=O) groups is 4. The summed E-state index contributed by atoms with van der Waals surface area (Å²) in [5, 5.41) is 0. The molecule has 1 aliphatic carbocycles. The van der Waals surface area contributed by atoms with Crippen molar-refractivity contribution >= 4 is 23.8 Å². The highest BCUT2D eigenvalue weighted by atomic mass is 16.3. The minimum Gasteiger partial charge on any atom is -0.467 e. The third kappa shape index (κ3) is 4.42. The summed E-state index contributed by atoms with van der Waals surface area (Å²) in [7, 11) is 0. The lowest BCUT2D eigenvalue weighted by atomic mass is 10.0. The second kappa shape index (κ2) is 8.99. The predicted molar refractivity (Wildman–Crippen MR) is 110 cm³/mol. The molecule has 0 atom stereocenters. The molecule has 0 saturated carbocycles. The molecule has 0 spiro atoms. The van der Waals surface area contributed by atoms with Crippen LogP contribution in [0.4, 0.5) is 4.79 Å². The topological polar surface area (TPSA) is 91.1 Å². The number of rotatable bonds is 7. The Labute approximate surface area is 179 Å². The minimum atomic E-state index is -0.982. The van der Waals surface area contributed by atoms with Crippen LogP contribution >= 0.6 is 0 Å². The van der Waals surface area contributed by atoms with Crippen molar-refractivity contribution < 1.29 is 23.6 Å². The molecule has 4 rings (SSSR count). The Morgan fingerprint density at radius 3 is 2.42 bits per heavy atom. The second-order valence-corrected chi connectivity index (χ2v) is 7.55. The molecular formula is C23H23N3O5. The number of benzene rings is 1. The van der Waals surface area contributed by atoms with Crippen LogP contribution in [0.1, 0.15) is 37.0 Å².